The standard InChI is InChI=1S/C30H30N4O5S/c1-40(37,38)34(28-13-7-11-25-10-5-6-12-27(25)28)21-29(35)33-32-20-24-14-16-26(17-15-24)39-22-30(36)31-19-18-23-8-3-2-4-9-23/h2-17,20H,18-19,21-22H2,1H3,(H,31,36)(H,33,35)/b32-20-. The van der Waals surface area contributed by atoms with Crippen LogP contribution in [-0.2, 0) is 26.0 Å². The molecule has 4 aromatic carbocycles. The van der Waals surface area contributed by atoms with Crippen LogP contribution >= 0.6 is 0 Å². The Labute approximate surface area is 233 Å². The Morgan fingerprint density at radius 1 is 0.875 bits per heavy atom. The maximum Gasteiger partial charge on any atom is 0.260 e. The second-order valence-electron chi connectivity index (χ2n) is 9.00. The second-order valence-corrected chi connectivity index (χ2v) is 10.9. The number of nitrogens with one attached hydrogen (secondary N) is 2. The molecule has 0 aliphatic carbocycles. The van der Waals surface area contributed by atoms with Crippen molar-refractivity contribution in [3.05, 3.63) is 108 Å². The highest BCUT2D eigenvalue weighted by molar-refractivity contribution is 7.92. The number of carbonyl (C=O) groups is 2. The van der Waals surface area contributed by atoms with Crippen molar-refractivity contribution < 1.29 is 22.7 Å². The summed E-state index contributed by atoms with van der Waals surface area (Å²) >= 11 is 0. The number of nitrogens with zero attached hydrogens (tertiary/aromatic N) is 2. The fourth-order valence-electron chi connectivity index (χ4n) is 3.99. The summed E-state index contributed by atoms with van der Waals surface area (Å²) in [4.78, 5) is 24.6. The molecule has 0 bridgehead atoms. The Morgan fingerprint density at radius 3 is 2.33 bits per heavy atom. The van der Waals surface area contributed by atoms with Gasteiger partial charge in [0.2, 0.25) is 10.0 Å². The lowest BCUT2D eigenvalue weighted by Crippen LogP contribution is -2.39. The van der Waals surface area contributed by atoms with Gasteiger partial charge in [-0.15, -0.1) is 0 Å². The van der Waals surface area contributed by atoms with E-state index in [0.29, 0.717) is 23.5 Å². The number of carbonyl (C=O) groups excluding carboxylic acids is 2. The quantitative estimate of drug-likeness (QED) is 0.204. The van der Waals surface area contributed by atoms with Crippen LogP contribution in [0.15, 0.2) is 102 Å². The van der Waals surface area contributed by atoms with Gasteiger partial charge in [-0.2, -0.15) is 5.10 Å². The first-order chi connectivity index (χ1) is 19.3. The first-order valence-electron chi connectivity index (χ1n) is 12.6. The summed E-state index contributed by atoms with van der Waals surface area (Å²) in [6, 6.07) is 29.4. The molecule has 0 saturated carbocycles. The van der Waals surface area contributed by atoms with E-state index in [-0.39, 0.29) is 12.5 Å². The van der Waals surface area contributed by atoms with Crippen LogP contribution in [-0.4, -0.2) is 52.4 Å². The SMILES string of the molecule is CS(=O)(=O)N(CC(=O)N/N=C\c1ccc(OCC(=O)NCCc2ccccc2)cc1)c1cccc2ccccc12. The Kier molecular flexibility index (Phi) is 9.48. The number of amides is 2. The van der Waals surface area contributed by atoms with Crippen molar-refractivity contribution in [2.45, 2.75) is 6.42 Å². The average Bonchev–Trinajstić information content (AvgIpc) is 2.95. The molecule has 4 aromatic rings. The van der Waals surface area contributed by atoms with Crippen molar-refractivity contribution in [1.82, 2.24) is 10.7 Å². The summed E-state index contributed by atoms with van der Waals surface area (Å²) in [5.74, 6) is -0.290. The first-order valence-corrected chi connectivity index (χ1v) is 14.5. The minimum Gasteiger partial charge on any atom is -0.484 e. The smallest absolute Gasteiger partial charge is 0.260 e. The number of ether oxygens (including phenoxy) is 1. The predicted molar refractivity (Wildman–Crippen MR) is 157 cm³/mol. The van der Waals surface area contributed by atoms with Crippen molar-refractivity contribution in [2.24, 2.45) is 5.10 Å². The third kappa shape index (κ3) is 8.15. The van der Waals surface area contributed by atoms with Crippen molar-refractivity contribution in [3.63, 3.8) is 0 Å². The van der Waals surface area contributed by atoms with Crippen LogP contribution < -0.4 is 19.8 Å². The Hall–Kier alpha value is -4.70. The number of sulfonamides is 1. The largest absolute Gasteiger partial charge is 0.484 e. The van der Waals surface area contributed by atoms with Crippen LogP contribution in [0.2, 0.25) is 0 Å². The van der Waals surface area contributed by atoms with Gasteiger partial charge in [-0.1, -0.05) is 66.7 Å². The van der Waals surface area contributed by atoms with E-state index in [4.69, 9.17) is 4.74 Å². The molecule has 0 spiro atoms. The number of benzene rings is 4. The van der Waals surface area contributed by atoms with Gasteiger partial charge < -0.3 is 10.1 Å². The topological polar surface area (TPSA) is 117 Å². The zero-order chi connectivity index (χ0) is 28.4. The highest BCUT2D eigenvalue weighted by atomic mass is 32.2. The monoisotopic (exact) mass is 558 g/mol. The maximum atomic E-state index is 12.6. The number of anilines is 1. The molecule has 2 N–H and O–H groups in total. The molecule has 0 aliphatic heterocycles. The molecule has 0 radical (unpaired) electrons. The van der Waals surface area contributed by atoms with Gasteiger partial charge in [0, 0.05) is 11.9 Å². The maximum absolute atomic E-state index is 12.6. The molecule has 0 atom stereocenters. The predicted octanol–water partition coefficient (Wildman–Crippen LogP) is 3.49. The second kappa shape index (κ2) is 13.4. The number of fused-ring (bicyclic) bond motifs is 1. The minimum absolute atomic E-state index is 0.105. The normalized spacial score (nSPS) is 11.3. The van der Waals surface area contributed by atoms with E-state index < -0.39 is 22.5 Å². The lowest BCUT2D eigenvalue weighted by molar-refractivity contribution is -0.123. The minimum atomic E-state index is -3.74. The lowest BCUT2D eigenvalue weighted by atomic mass is 10.1. The molecule has 9 nitrogen and oxygen atoms in total. The number of hydrogen-bond acceptors (Lipinski definition) is 6. The molecule has 0 fully saturated rings. The lowest BCUT2D eigenvalue weighted by Gasteiger charge is -2.23. The van der Waals surface area contributed by atoms with E-state index >= 15 is 0 Å². The summed E-state index contributed by atoms with van der Waals surface area (Å²) in [5, 5.41) is 8.36. The van der Waals surface area contributed by atoms with Gasteiger partial charge in [0.05, 0.1) is 18.2 Å². The highest BCUT2D eigenvalue weighted by Crippen LogP contribution is 2.28. The van der Waals surface area contributed by atoms with Gasteiger partial charge in [0.25, 0.3) is 11.8 Å². The van der Waals surface area contributed by atoms with Gasteiger partial charge in [-0.05, 0) is 53.3 Å². The third-order valence-corrected chi connectivity index (χ3v) is 7.08. The van der Waals surface area contributed by atoms with Gasteiger partial charge >= 0.3 is 0 Å². The molecule has 206 valence electrons. The van der Waals surface area contributed by atoms with E-state index in [2.05, 4.69) is 15.8 Å². The third-order valence-electron chi connectivity index (χ3n) is 5.95. The van der Waals surface area contributed by atoms with E-state index in [1.165, 1.54) is 6.21 Å². The summed E-state index contributed by atoms with van der Waals surface area (Å²) < 4.78 is 31.6. The summed E-state index contributed by atoms with van der Waals surface area (Å²) in [5.41, 5.74) is 4.62. The number of rotatable bonds is 12. The number of hydrogen-bond donors (Lipinski definition) is 2. The zero-order valence-electron chi connectivity index (χ0n) is 22.0. The first kappa shape index (κ1) is 28.3. The molecule has 4 rings (SSSR count). The van der Waals surface area contributed by atoms with Crippen LogP contribution in [0.1, 0.15) is 11.1 Å². The molecular formula is C30H30N4O5S. The number of hydrazone groups is 1. The van der Waals surface area contributed by atoms with Gasteiger partial charge in [0.15, 0.2) is 6.61 Å². The molecule has 0 saturated heterocycles. The molecule has 0 aromatic heterocycles. The van der Waals surface area contributed by atoms with Gasteiger partial charge in [0.1, 0.15) is 12.3 Å². The van der Waals surface area contributed by atoms with Crippen molar-refractivity contribution in [1.29, 1.82) is 0 Å². The fraction of sp³-hybridized carbons (Fsp3) is 0.167. The fourth-order valence-corrected chi connectivity index (χ4v) is 4.86. The van der Waals surface area contributed by atoms with Crippen molar-refractivity contribution in [3.8, 4) is 5.75 Å². The molecule has 0 heterocycles. The van der Waals surface area contributed by atoms with Crippen LogP contribution in [0.25, 0.3) is 10.8 Å². The Bertz CT molecular complexity index is 1580. The van der Waals surface area contributed by atoms with Crippen LogP contribution in [0.5, 0.6) is 5.75 Å². The molecule has 40 heavy (non-hydrogen) atoms. The van der Waals surface area contributed by atoms with E-state index in [0.717, 1.165) is 33.3 Å². The molecular weight excluding hydrogens is 528 g/mol. The van der Waals surface area contributed by atoms with E-state index in [1.54, 1.807) is 36.4 Å². The Balaban J connectivity index is 1.26. The van der Waals surface area contributed by atoms with Crippen molar-refractivity contribution >= 4 is 44.5 Å². The van der Waals surface area contributed by atoms with Crippen molar-refractivity contribution in [2.75, 3.05) is 30.3 Å². The van der Waals surface area contributed by atoms with E-state index in [1.807, 2.05) is 60.7 Å². The van der Waals surface area contributed by atoms with E-state index in [9.17, 15) is 18.0 Å². The zero-order valence-corrected chi connectivity index (χ0v) is 22.8. The van der Waals surface area contributed by atoms with Crippen LogP contribution in [0.3, 0.4) is 0 Å². The van der Waals surface area contributed by atoms with Crippen LogP contribution in [0, 0.1) is 0 Å². The van der Waals surface area contributed by atoms with Gasteiger partial charge in [-0.3, -0.25) is 13.9 Å². The Morgan fingerprint density at radius 2 is 1.57 bits per heavy atom. The summed E-state index contributed by atoms with van der Waals surface area (Å²) in [6.45, 7) is -0.00654. The van der Waals surface area contributed by atoms with Gasteiger partial charge in [-0.25, -0.2) is 13.8 Å². The highest BCUT2D eigenvalue weighted by Gasteiger charge is 2.22. The summed E-state index contributed by atoms with van der Waals surface area (Å²) in [6.07, 6.45) is 3.23. The average molecular weight is 559 g/mol. The molecule has 0 unspecified atom stereocenters. The van der Waals surface area contributed by atoms with Crippen LogP contribution in [0.4, 0.5) is 5.69 Å². The molecule has 0 aliphatic rings. The molecule has 2 amide bonds. The summed E-state index contributed by atoms with van der Waals surface area (Å²) in [7, 11) is -3.74. The molecule has 10 heteroatoms.